The van der Waals surface area contributed by atoms with Gasteiger partial charge in [-0.3, -0.25) is 14.5 Å². The molecule has 3 aromatic rings. The fourth-order valence-electron chi connectivity index (χ4n) is 2.45. The number of carbonyl (C=O) groups is 1. The van der Waals surface area contributed by atoms with Crippen LogP contribution in [-0.2, 0) is 14.8 Å². The van der Waals surface area contributed by atoms with Crippen LogP contribution in [0.25, 0.3) is 11.1 Å². The van der Waals surface area contributed by atoms with E-state index in [0.717, 1.165) is 11.1 Å². The van der Waals surface area contributed by atoms with Gasteiger partial charge in [-0.2, -0.15) is 0 Å². The van der Waals surface area contributed by atoms with Crippen LogP contribution in [0.3, 0.4) is 0 Å². The smallest absolute Gasteiger partial charge is 0.261 e. The van der Waals surface area contributed by atoms with Gasteiger partial charge in [0, 0.05) is 24.4 Å². The monoisotopic (exact) mass is 367 g/mol. The fraction of sp³-hybridized carbons (Fsp3) is 0.0526. The molecule has 0 aliphatic rings. The number of pyridine rings is 1. The van der Waals surface area contributed by atoms with E-state index in [9.17, 15) is 13.2 Å². The topological polar surface area (TPSA) is 88.2 Å². The summed E-state index contributed by atoms with van der Waals surface area (Å²) in [5.74, 6) is -0.187. The molecule has 26 heavy (non-hydrogen) atoms. The van der Waals surface area contributed by atoms with Crippen molar-refractivity contribution >= 4 is 27.3 Å². The molecule has 0 spiro atoms. The Morgan fingerprint density at radius 1 is 0.885 bits per heavy atom. The number of nitrogens with zero attached hydrogens (tertiary/aromatic N) is 1. The molecular weight excluding hydrogens is 350 g/mol. The minimum Gasteiger partial charge on any atom is -0.325 e. The number of aromatic nitrogens is 1. The number of hydrogen-bond donors (Lipinski definition) is 2. The van der Waals surface area contributed by atoms with Crippen LogP contribution < -0.4 is 10.0 Å². The van der Waals surface area contributed by atoms with Crippen LogP contribution in [0, 0.1) is 0 Å². The van der Waals surface area contributed by atoms with Gasteiger partial charge in [0.05, 0.1) is 16.8 Å². The summed E-state index contributed by atoms with van der Waals surface area (Å²) in [6, 6.07) is 16.9. The molecule has 0 unspecified atom stereocenters. The predicted octanol–water partition coefficient (Wildman–Crippen LogP) is 3.51. The summed E-state index contributed by atoms with van der Waals surface area (Å²) >= 11 is 0. The quantitative estimate of drug-likeness (QED) is 0.722. The Kier molecular flexibility index (Phi) is 4.99. The summed E-state index contributed by atoms with van der Waals surface area (Å²) in [6.07, 6.45) is 3.20. The largest absolute Gasteiger partial charge is 0.325 e. The Bertz CT molecular complexity index is 1030. The first-order valence-corrected chi connectivity index (χ1v) is 9.33. The molecule has 0 saturated heterocycles. The van der Waals surface area contributed by atoms with E-state index in [2.05, 4.69) is 15.0 Å². The molecular formula is C19H17N3O3S. The van der Waals surface area contributed by atoms with E-state index >= 15 is 0 Å². The van der Waals surface area contributed by atoms with E-state index < -0.39 is 10.0 Å². The van der Waals surface area contributed by atoms with E-state index in [-0.39, 0.29) is 10.8 Å². The Morgan fingerprint density at radius 2 is 1.62 bits per heavy atom. The average molecular weight is 367 g/mol. The van der Waals surface area contributed by atoms with Crippen LogP contribution in [0.15, 0.2) is 78.0 Å². The molecule has 0 radical (unpaired) electrons. The highest BCUT2D eigenvalue weighted by Crippen LogP contribution is 2.25. The third kappa shape index (κ3) is 4.25. The van der Waals surface area contributed by atoms with Crippen LogP contribution in [-0.4, -0.2) is 19.3 Å². The first-order chi connectivity index (χ1) is 12.4. The van der Waals surface area contributed by atoms with Crippen molar-refractivity contribution in [2.24, 2.45) is 0 Å². The number of rotatable bonds is 5. The lowest BCUT2D eigenvalue weighted by atomic mass is 10.1. The van der Waals surface area contributed by atoms with Gasteiger partial charge in [0.25, 0.3) is 10.0 Å². The van der Waals surface area contributed by atoms with Crippen molar-refractivity contribution in [1.29, 1.82) is 0 Å². The van der Waals surface area contributed by atoms with Crippen LogP contribution in [0.1, 0.15) is 6.92 Å². The van der Waals surface area contributed by atoms with E-state index in [1.807, 2.05) is 6.07 Å². The molecule has 3 rings (SSSR count). The molecule has 6 nitrogen and oxygen atoms in total. The maximum atomic E-state index is 12.5. The average Bonchev–Trinajstić information content (AvgIpc) is 2.62. The van der Waals surface area contributed by atoms with Crippen LogP contribution >= 0.6 is 0 Å². The van der Waals surface area contributed by atoms with Gasteiger partial charge in [-0.15, -0.1) is 0 Å². The first kappa shape index (κ1) is 17.6. The maximum Gasteiger partial charge on any atom is 0.261 e. The maximum absolute atomic E-state index is 12.5. The fourth-order valence-corrected chi connectivity index (χ4v) is 3.52. The van der Waals surface area contributed by atoms with Gasteiger partial charge in [-0.1, -0.05) is 30.3 Å². The third-order valence-corrected chi connectivity index (χ3v) is 4.96. The second-order valence-electron chi connectivity index (χ2n) is 5.64. The Balaban J connectivity index is 1.88. The number of benzene rings is 2. The van der Waals surface area contributed by atoms with E-state index in [0.29, 0.717) is 11.4 Å². The molecule has 1 heterocycles. The molecule has 0 fully saturated rings. The van der Waals surface area contributed by atoms with Crippen molar-refractivity contribution < 1.29 is 13.2 Å². The van der Waals surface area contributed by atoms with Gasteiger partial charge in [0.1, 0.15) is 0 Å². The summed E-state index contributed by atoms with van der Waals surface area (Å²) in [7, 11) is -3.66. The Labute approximate surface area is 152 Å². The number of nitrogens with one attached hydrogen (secondary N) is 2. The lowest BCUT2D eigenvalue weighted by molar-refractivity contribution is -0.114. The number of hydrogen-bond acceptors (Lipinski definition) is 4. The second kappa shape index (κ2) is 7.37. The number of carbonyl (C=O) groups excluding carboxylic acids is 1. The molecule has 2 N–H and O–H groups in total. The highest BCUT2D eigenvalue weighted by atomic mass is 32.2. The van der Waals surface area contributed by atoms with Gasteiger partial charge in [-0.05, 0) is 35.9 Å². The second-order valence-corrected chi connectivity index (χ2v) is 7.33. The van der Waals surface area contributed by atoms with Crippen LogP contribution in [0.4, 0.5) is 11.4 Å². The minimum atomic E-state index is -3.66. The highest BCUT2D eigenvalue weighted by molar-refractivity contribution is 7.92. The first-order valence-electron chi connectivity index (χ1n) is 7.85. The van der Waals surface area contributed by atoms with Gasteiger partial charge >= 0.3 is 0 Å². The predicted molar refractivity (Wildman–Crippen MR) is 101 cm³/mol. The van der Waals surface area contributed by atoms with E-state index in [4.69, 9.17) is 0 Å². The number of anilines is 2. The molecule has 7 heteroatoms. The van der Waals surface area contributed by atoms with E-state index in [1.54, 1.807) is 54.9 Å². The Hall–Kier alpha value is -3.19. The molecule has 0 atom stereocenters. The third-order valence-electron chi connectivity index (χ3n) is 3.56. The SMILES string of the molecule is CC(=O)Nc1cncc(-c2cccc(NS(=O)(=O)c3ccccc3)c2)c1. The molecule has 0 saturated carbocycles. The van der Waals surface area contributed by atoms with Crippen molar-refractivity contribution in [3.05, 3.63) is 73.1 Å². The zero-order valence-corrected chi connectivity index (χ0v) is 14.8. The summed E-state index contributed by atoms with van der Waals surface area (Å²) in [5, 5.41) is 2.68. The molecule has 132 valence electrons. The number of sulfonamides is 1. The molecule has 0 aliphatic heterocycles. The van der Waals surface area contributed by atoms with Crippen molar-refractivity contribution in [2.75, 3.05) is 10.0 Å². The van der Waals surface area contributed by atoms with Crippen molar-refractivity contribution in [3.63, 3.8) is 0 Å². The highest BCUT2D eigenvalue weighted by Gasteiger charge is 2.13. The summed E-state index contributed by atoms with van der Waals surface area (Å²) in [6.45, 7) is 1.42. The lowest BCUT2D eigenvalue weighted by Crippen LogP contribution is -2.12. The zero-order valence-electron chi connectivity index (χ0n) is 14.0. The van der Waals surface area contributed by atoms with Crippen molar-refractivity contribution in [1.82, 2.24) is 4.98 Å². The lowest BCUT2D eigenvalue weighted by Gasteiger charge is -2.10. The molecule has 1 amide bonds. The standard InChI is InChI=1S/C19H17N3O3S/c1-14(23)21-18-11-16(12-20-13-18)15-6-5-7-17(10-15)22-26(24,25)19-8-3-2-4-9-19/h2-13,22H,1H3,(H,21,23). The van der Waals surface area contributed by atoms with Gasteiger partial charge in [-0.25, -0.2) is 8.42 Å². The van der Waals surface area contributed by atoms with E-state index in [1.165, 1.54) is 19.1 Å². The molecule has 0 aliphatic carbocycles. The van der Waals surface area contributed by atoms with Gasteiger partial charge in [0.15, 0.2) is 0 Å². The number of amides is 1. The summed E-state index contributed by atoms with van der Waals surface area (Å²) in [5.41, 5.74) is 2.55. The molecule has 1 aromatic heterocycles. The van der Waals surface area contributed by atoms with Crippen LogP contribution in [0.2, 0.25) is 0 Å². The summed E-state index contributed by atoms with van der Waals surface area (Å²) < 4.78 is 27.5. The zero-order chi connectivity index (χ0) is 18.6. The van der Waals surface area contributed by atoms with Crippen LogP contribution in [0.5, 0.6) is 0 Å². The van der Waals surface area contributed by atoms with Gasteiger partial charge in [0.2, 0.25) is 5.91 Å². The molecule has 0 bridgehead atoms. The Morgan fingerprint density at radius 3 is 2.35 bits per heavy atom. The molecule has 2 aromatic carbocycles. The van der Waals surface area contributed by atoms with Crippen molar-refractivity contribution in [3.8, 4) is 11.1 Å². The normalized spacial score (nSPS) is 11.0. The van der Waals surface area contributed by atoms with Gasteiger partial charge < -0.3 is 5.32 Å². The van der Waals surface area contributed by atoms with Crippen molar-refractivity contribution in [2.45, 2.75) is 11.8 Å². The summed E-state index contributed by atoms with van der Waals surface area (Å²) in [4.78, 5) is 15.5. The minimum absolute atomic E-state index is 0.187.